The largest absolute Gasteiger partial charge is 0.316 e. The average molecular weight is 236 g/mol. The van der Waals surface area contributed by atoms with Crippen molar-refractivity contribution in [1.29, 1.82) is 0 Å². The van der Waals surface area contributed by atoms with Crippen LogP contribution in [-0.2, 0) is 10.0 Å². The van der Waals surface area contributed by atoms with Crippen LogP contribution < -0.4 is 5.32 Å². The Morgan fingerprint density at radius 3 is 2.20 bits per heavy atom. The molecule has 0 unspecified atom stereocenters. The van der Waals surface area contributed by atoms with Gasteiger partial charge in [-0.1, -0.05) is 27.7 Å². The van der Waals surface area contributed by atoms with Crippen molar-refractivity contribution in [3.63, 3.8) is 0 Å². The molecule has 0 aliphatic heterocycles. The monoisotopic (exact) mass is 236 g/mol. The van der Waals surface area contributed by atoms with Crippen LogP contribution in [0.2, 0.25) is 0 Å². The van der Waals surface area contributed by atoms with Gasteiger partial charge in [0.05, 0.1) is 5.75 Å². The molecule has 0 rings (SSSR count). The van der Waals surface area contributed by atoms with Crippen molar-refractivity contribution in [2.24, 2.45) is 5.41 Å². The van der Waals surface area contributed by atoms with Crippen LogP contribution in [0.5, 0.6) is 0 Å². The Balaban J connectivity index is 4.21. The van der Waals surface area contributed by atoms with Crippen LogP contribution >= 0.6 is 0 Å². The van der Waals surface area contributed by atoms with E-state index in [1.165, 1.54) is 4.31 Å². The van der Waals surface area contributed by atoms with Crippen LogP contribution in [0, 0.1) is 5.41 Å². The molecule has 0 amide bonds. The second kappa shape index (κ2) is 5.82. The Morgan fingerprint density at radius 2 is 1.80 bits per heavy atom. The molecule has 1 N–H and O–H groups in total. The van der Waals surface area contributed by atoms with Gasteiger partial charge in [0.15, 0.2) is 0 Å². The van der Waals surface area contributed by atoms with Crippen LogP contribution in [-0.4, -0.2) is 45.2 Å². The summed E-state index contributed by atoms with van der Waals surface area (Å²) >= 11 is 0. The summed E-state index contributed by atoms with van der Waals surface area (Å²) in [5.74, 6) is 0.174. The number of nitrogens with one attached hydrogen (secondary N) is 1. The molecule has 0 aromatic heterocycles. The molecular weight excluding hydrogens is 212 g/mol. The van der Waals surface area contributed by atoms with Gasteiger partial charge in [-0.3, -0.25) is 0 Å². The first-order chi connectivity index (χ1) is 6.69. The zero-order valence-electron chi connectivity index (χ0n) is 10.5. The van der Waals surface area contributed by atoms with Crippen LogP contribution in [0.1, 0.15) is 27.7 Å². The first kappa shape index (κ1) is 14.9. The number of hydrogen-bond acceptors (Lipinski definition) is 3. The smallest absolute Gasteiger partial charge is 0.215 e. The normalized spacial score (nSPS) is 13.5. The molecule has 5 heteroatoms. The van der Waals surface area contributed by atoms with E-state index in [0.29, 0.717) is 13.1 Å². The SMILES string of the molecule is CCNCCS(=O)(=O)N(C)CC(C)(C)C. The highest BCUT2D eigenvalue weighted by molar-refractivity contribution is 7.89. The third kappa shape index (κ3) is 6.87. The lowest BCUT2D eigenvalue weighted by molar-refractivity contribution is 0.310. The maximum absolute atomic E-state index is 11.8. The molecule has 92 valence electrons. The van der Waals surface area contributed by atoms with Crippen LogP contribution in [0.15, 0.2) is 0 Å². The van der Waals surface area contributed by atoms with Gasteiger partial charge in [0.2, 0.25) is 10.0 Å². The summed E-state index contributed by atoms with van der Waals surface area (Å²) in [6, 6.07) is 0. The molecule has 0 aromatic rings. The van der Waals surface area contributed by atoms with Crippen molar-refractivity contribution in [1.82, 2.24) is 9.62 Å². The van der Waals surface area contributed by atoms with E-state index in [4.69, 9.17) is 0 Å². The maximum atomic E-state index is 11.8. The van der Waals surface area contributed by atoms with E-state index in [1.807, 2.05) is 27.7 Å². The van der Waals surface area contributed by atoms with E-state index >= 15 is 0 Å². The van der Waals surface area contributed by atoms with E-state index in [0.717, 1.165) is 6.54 Å². The van der Waals surface area contributed by atoms with Crippen LogP contribution in [0.4, 0.5) is 0 Å². The number of nitrogens with zero attached hydrogens (tertiary/aromatic N) is 1. The summed E-state index contributed by atoms with van der Waals surface area (Å²) in [6.45, 7) is 9.94. The van der Waals surface area contributed by atoms with Crippen molar-refractivity contribution < 1.29 is 8.42 Å². The Morgan fingerprint density at radius 1 is 1.27 bits per heavy atom. The molecule has 0 saturated carbocycles. The van der Waals surface area contributed by atoms with Crippen LogP contribution in [0.3, 0.4) is 0 Å². The van der Waals surface area contributed by atoms with E-state index in [2.05, 4.69) is 5.32 Å². The highest BCUT2D eigenvalue weighted by Crippen LogP contribution is 2.16. The topological polar surface area (TPSA) is 49.4 Å². The van der Waals surface area contributed by atoms with Crippen molar-refractivity contribution >= 4 is 10.0 Å². The van der Waals surface area contributed by atoms with Gasteiger partial charge in [-0.15, -0.1) is 0 Å². The summed E-state index contributed by atoms with van der Waals surface area (Å²) in [4.78, 5) is 0. The zero-order chi connectivity index (χ0) is 12.1. The molecule has 0 fully saturated rings. The maximum Gasteiger partial charge on any atom is 0.215 e. The first-order valence-corrected chi connectivity index (χ1v) is 6.94. The third-order valence-electron chi connectivity index (χ3n) is 1.96. The minimum Gasteiger partial charge on any atom is -0.316 e. The molecule has 0 bridgehead atoms. The third-order valence-corrected chi connectivity index (χ3v) is 3.76. The lowest BCUT2D eigenvalue weighted by Gasteiger charge is -2.26. The van der Waals surface area contributed by atoms with E-state index in [9.17, 15) is 8.42 Å². The molecule has 4 nitrogen and oxygen atoms in total. The molecule has 15 heavy (non-hydrogen) atoms. The standard InChI is InChI=1S/C10H24N2O2S/c1-6-11-7-8-15(13,14)12(5)9-10(2,3)4/h11H,6-9H2,1-5H3. The Labute approximate surface area is 94.1 Å². The summed E-state index contributed by atoms with van der Waals surface area (Å²) in [7, 11) is -1.45. The molecule has 0 saturated heterocycles. The van der Waals surface area contributed by atoms with Gasteiger partial charge in [0, 0.05) is 20.1 Å². The van der Waals surface area contributed by atoms with Gasteiger partial charge < -0.3 is 5.32 Å². The van der Waals surface area contributed by atoms with Crippen molar-refractivity contribution in [3.05, 3.63) is 0 Å². The van der Waals surface area contributed by atoms with Gasteiger partial charge >= 0.3 is 0 Å². The van der Waals surface area contributed by atoms with Crippen molar-refractivity contribution in [2.45, 2.75) is 27.7 Å². The summed E-state index contributed by atoms with van der Waals surface area (Å²) in [5.41, 5.74) is 0.00000484. The second-order valence-corrected chi connectivity index (χ2v) is 7.18. The van der Waals surface area contributed by atoms with Gasteiger partial charge in [-0.25, -0.2) is 12.7 Å². The fraction of sp³-hybridized carbons (Fsp3) is 1.00. The van der Waals surface area contributed by atoms with Crippen LogP contribution in [0.25, 0.3) is 0 Å². The highest BCUT2D eigenvalue weighted by Gasteiger charge is 2.22. The molecular formula is C10H24N2O2S. The number of sulfonamides is 1. The van der Waals surface area contributed by atoms with Gasteiger partial charge in [0.1, 0.15) is 0 Å². The van der Waals surface area contributed by atoms with Crippen molar-refractivity contribution in [3.8, 4) is 0 Å². The molecule has 0 spiro atoms. The number of rotatable bonds is 6. The lowest BCUT2D eigenvalue weighted by atomic mass is 9.97. The predicted molar refractivity (Wildman–Crippen MR) is 64.4 cm³/mol. The molecule has 0 aliphatic carbocycles. The van der Waals surface area contributed by atoms with Gasteiger partial charge in [-0.05, 0) is 12.0 Å². The lowest BCUT2D eigenvalue weighted by Crippen LogP contribution is -2.38. The highest BCUT2D eigenvalue weighted by atomic mass is 32.2. The molecule has 0 heterocycles. The summed E-state index contributed by atoms with van der Waals surface area (Å²) in [6.07, 6.45) is 0. The fourth-order valence-corrected chi connectivity index (χ4v) is 2.60. The fourth-order valence-electron chi connectivity index (χ4n) is 1.30. The first-order valence-electron chi connectivity index (χ1n) is 5.34. The molecule has 0 aliphatic rings. The Kier molecular flexibility index (Phi) is 5.77. The summed E-state index contributed by atoms with van der Waals surface area (Å²) in [5, 5.41) is 3.02. The average Bonchev–Trinajstić information content (AvgIpc) is 2.01. The zero-order valence-corrected chi connectivity index (χ0v) is 11.3. The Hall–Kier alpha value is -0.130. The molecule has 0 aromatic carbocycles. The molecule has 0 atom stereocenters. The number of hydrogen-bond donors (Lipinski definition) is 1. The predicted octanol–water partition coefficient (Wildman–Crippen LogP) is 0.904. The second-order valence-electron chi connectivity index (χ2n) is 4.99. The van der Waals surface area contributed by atoms with Crippen molar-refractivity contribution in [2.75, 3.05) is 32.4 Å². The minimum absolute atomic E-state index is 0.00000484. The van der Waals surface area contributed by atoms with E-state index in [1.54, 1.807) is 7.05 Å². The summed E-state index contributed by atoms with van der Waals surface area (Å²) < 4.78 is 25.0. The van der Waals surface area contributed by atoms with Gasteiger partial charge in [-0.2, -0.15) is 0 Å². The van der Waals surface area contributed by atoms with E-state index in [-0.39, 0.29) is 11.2 Å². The van der Waals surface area contributed by atoms with Gasteiger partial charge in [0.25, 0.3) is 0 Å². The Bertz CT molecular complexity index is 268. The minimum atomic E-state index is -3.09. The molecule has 0 radical (unpaired) electrons. The quantitative estimate of drug-likeness (QED) is 0.697. The van der Waals surface area contributed by atoms with E-state index < -0.39 is 10.0 Å².